The summed E-state index contributed by atoms with van der Waals surface area (Å²) in [6, 6.07) is 3.02. The number of thioether (sulfide) groups is 1. The molecule has 1 fully saturated rings. The summed E-state index contributed by atoms with van der Waals surface area (Å²) in [5.74, 6) is -1.17. The lowest BCUT2D eigenvalue weighted by Gasteiger charge is -2.12. The summed E-state index contributed by atoms with van der Waals surface area (Å²) in [6.45, 7) is 0.660. The smallest absolute Gasteiger partial charge is 0.345 e. The fourth-order valence-corrected chi connectivity index (χ4v) is 2.98. The number of hydrogen-bond donors (Lipinski definition) is 2. The maximum absolute atomic E-state index is 11.8. The molecule has 0 bridgehead atoms. The fourth-order valence-electron chi connectivity index (χ4n) is 1.50. The average molecular weight is 271 g/mol. The minimum absolute atomic E-state index is 0.178. The van der Waals surface area contributed by atoms with E-state index in [-0.39, 0.29) is 15.5 Å². The number of thiophene rings is 1. The average Bonchev–Trinajstić information content (AvgIpc) is 2.92. The van der Waals surface area contributed by atoms with E-state index in [1.54, 1.807) is 17.8 Å². The van der Waals surface area contributed by atoms with Gasteiger partial charge >= 0.3 is 5.97 Å². The number of carboxylic acids is 1. The van der Waals surface area contributed by atoms with Crippen LogP contribution in [0.5, 0.6) is 0 Å². The number of carbonyl (C=O) groups is 2. The molecule has 0 radical (unpaired) electrons. The lowest BCUT2D eigenvalue weighted by molar-refractivity contribution is 0.0702. The van der Waals surface area contributed by atoms with E-state index in [1.165, 1.54) is 6.07 Å². The molecule has 4 nitrogen and oxygen atoms in total. The first kappa shape index (κ1) is 12.4. The molecule has 0 unspecified atom stereocenters. The molecule has 0 atom stereocenters. The van der Waals surface area contributed by atoms with Crippen LogP contribution >= 0.6 is 23.1 Å². The molecule has 2 rings (SSSR count). The van der Waals surface area contributed by atoms with Crippen LogP contribution in [0.2, 0.25) is 0 Å². The highest BCUT2D eigenvalue weighted by Crippen LogP contribution is 2.46. The molecule has 1 heterocycles. The van der Waals surface area contributed by atoms with Crippen LogP contribution in [0, 0.1) is 0 Å². The lowest BCUT2D eigenvalue weighted by Crippen LogP contribution is -2.31. The van der Waals surface area contributed by atoms with Crippen molar-refractivity contribution in [1.29, 1.82) is 0 Å². The first-order valence-corrected chi connectivity index (χ1v) is 7.27. The number of hydrogen-bond acceptors (Lipinski definition) is 4. The quantitative estimate of drug-likeness (QED) is 0.860. The second-order valence-corrected chi connectivity index (χ2v) is 6.40. The predicted molar refractivity (Wildman–Crippen MR) is 69.1 cm³/mol. The zero-order valence-corrected chi connectivity index (χ0v) is 11.0. The second kappa shape index (κ2) is 4.70. The van der Waals surface area contributed by atoms with Crippen LogP contribution in [-0.4, -0.2) is 34.5 Å². The molecular weight excluding hydrogens is 258 g/mol. The van der Waals surface area contributed by atoms with Gasteiger partial charge in [0.15, 0.2) is 0 Å². The molecule has 1 saturated carbocycles. The first-order valence-electron chi connectivity index (χ1n) is 5.23. The van der Waals surface area contributed by atoms with Crippen molar-refractivity contribution in [2.24, 2.45) is 0 Å². The molecule has 2 N–H and O–H groups in total. The van der Waals surface area contributed by atoms with E-state index in [1.807, 2.05) is 6.26 Å². The van der Waals surface area contributed by atoms with Gasteiger partial charge in [0.2, 0.25) is 0 Å². The van der Waals surface area contributed by atoms with Crippen molar-refractivity contribution in [1.82, 2.24) is 5.32 Å². The van der Waals surface area contributed by atoms with Crippen LogP contribution in [0.1, 0.15) is 32.2 Å². The highest BCUT2D eigenvalue weighted by Gasteiger charge is 2.42. The van der Waals surface area contributed by atoms with Gasteiger partial charge in [-0.05, 0) is 31.2 Å². The van der Waals surface area contributed by atoms with Crippen molar-refractivity contribution in [3.63, 3.8) is 0 Å². The third-order valence-electron chi connectivity index (χ3n) is 2.85. The summed E-state index contributed by atoms with van der Waals surface area (Å²) in [4.78, 5) is 23.1. The third kappa shape index (κ3) is 2.81. The highest BCUT2D eigenvalue weighted by atomic mass is 32.2. The molecule has 1 aliphatic rings. The Hall–Kier alpha value is -1.01. The van der Waals surface area contributed by atoms with Crippen LogP contribution in [0.15, 0.2) is 12.1 Å². The summed E-state index contributed by atoms with van der Waals surface area (Å²) < 4.78 is 0.225. The van der Waals surface area contributed by atoms with Gasteiger partial charge in [0.25, 0.3) is 5.91 Å². The number of amides is 1. The summed E-state index contributed by atoms with van der Waals surface area (Å²) in [5, 5.41) is 11.6. The van der Waals surface area contributed by atoms with Crippen LogP contribution in [0.25, 0.3) is 0 Å². The van der Waals surface area contributed by atoms with Crippen LogP contribution < -0.4 is 5.32 Å². The van der Waals surface area contributed by atoms with E-state index < -0.39 is 5.97 Å². The van der Waals surface area contributed by atoms with Gasteiger partial charge in [-0.2, -0.15) is 11.8 Å². The van der Waals surface area contributed by atoms with Gasteiger partial charge in [0.1, 0.15) is 4.88 Å². The number of carboxylic acid groups (broad SMARTS) is 1. The molecular formula is C11H13NO3S2. The molecule has 0 saturated heterocycles. The molecule has 0 spiro atoms. The largest absolute Gasteiger partial charge is 0.477 e. The van der Waals surface area contributed by atoms with Gasteiger partial charge < -0.3 is 10.4 Å². The molecule has 0 aliphatic heterocycles. The standard InChI is InChI=1S/C11H13NO3S2/c1-16-11(4-5-11)6-12-9(13)7-2-3-8(17-7)10(14)15/h2-3H,4-6H2,1H3,(H,12,13)(H,14,15). The Morgan fingerprint density at radius 2 is 2.12 bits per heavy atom. The van der Waals surface area contributed by atoms with Crippen molar-refractivity contribution < 1.29 is 14.7 Å². The minimum Gasteiger partial charge on any atom is -0.477 e. The lowest BCUT2D eigenvalue weighted by atomic mass is 10.3. The zero-order chi connectivity index (χ0) is 12.5. The van der Waals surface area contributed by atoms with Crippen molar-refractivity contribution in [2.45, 2.75) is 17.6 Å². The first-order chi connectivity index (χ1) is 8.06. The molecule has 1 aromatic rings. The topological polar surface area (TPSA) is 66.4 Å². The number of rotatable bonds is 5. The van der Waals surface area contributed by atoms with Gasteiger partial charge in [-0.1, -0.05) is 0 Å². The Morgan fingerprint density at radius 3 is 2.59 bits per heavy atom. The van der Waals surface area contributed by atoms with E-state index >= 15 is 0 Å². The third-order valence-corrected chi connectivity index (χ3v) is 5.34. The number of nitrogens with one attached hydrogen (secondary N) is 1. The fraction of sp³-hybridized carbons (Fsp3) is 0.455. The Kier molecular flexibility index (Phi) is 3.44. The predicted octanol–water partition coefficient (Wildman–Crippen LogP) is 2.07. The maximum atomic E-state index is 11.8. The van der Waals surface area contributed by atoms with Crippen molar-refractivity contribution in [2.75, 3.05) is 12.8 Å². The molecule has 0 aromatic carbocycles. The Balaban J connectivity index is 1.93. The summed E-state index contributed by atoms with van der Waals surface area (Å²) >= 11 is 2.79. The number of aromatic carboxylic acids is 1. The SMILES string of the molecule is CSC1(CNC(=O)c2ccc(C(=O)O)s2)CC1. The van der Waals surface area contributed by atoms with Crippen molar-refractivity contribution in [3.8, 4) is 0 Å². The van der Waals surface area contributed by atoms with Gasteiger partial charge in [0, 0.05) is 11.3 Å². The van der Waals surface area contributed by atoms with Gasteiger partial charge in [-0.15, -0.1) is 11.3 Å². The Morgan fingerprint density at radius 1 is 1.47 bits per heavy atom. The van der Waals surface area contributed by atoms with E-state index in [2.05, 4.69) is 5.32 Å². The van der Waals surface area contributed by atoms with Gasteiger partial charge in [-0.25, -0.2) is 4.79 Å². The van der Waals surface area contributed by atoms with E-state index in [4.69, 9.17) is 5.11 Å². The second-order valence-electron chi connectivity index (χ2n) is 4.04. The highest BCUT2D eigenvalue weighted by molar-refractivity contribution is 8.00. The van der Waals surface area contributed by atoms with Crippen molar-refractivity contribution in [3.05, 3.63) is 21.9 Å². The van der Waals surface area contributed by atoms with Crippen LogP contribution in [0.4, 0.5) is 0 Å². The van der Waals surface area contributed by atoms with Gasteiger partial charge in [0.05, 0.1) is 4.88 Å². The molecule has 92 valence electrons. The minimum atomic E-state index is -0.989. The summed E-state index contributed by atoms with van der Waals surface area (Å²) in [5.41, 5.74) is 0. The summed E-state index contributed by atoms with van der Waals surface area (Å²) in [7, 11) is 0. The van der Waals surface area contributed by atoms with Gasteiger partial charge in [-0.3, -0.25) is 4.79 Å². The number of carbonyl (C=O) groups excluding carboxylic acids is 1. The van der Waals surface area contributed by atoms with E-state index in [0.29, 0.717) is 11.4 Å². The normalized spacial score (nSPS) is 16.5. The van der Waals surface area contributed by atoms with Crippen LogP contribution in [0.3, 0.4) is 0 Å². The monoisotopic (exact) mass is 271 g/mol. The van der Waals surface area contributed by atoms with E-state index in [9.17, 15) is 9.59 Å². The Bertz CT molecular complexity index is 451. The molecule has 1 aliphatic carbocycles. The molecule has 6 heteroatoms. The molecule has 1 aromatic heterocycles. The van der Waals surface area contributed by atoms with E-state index in [0.717, 1.165) is 24.2 Å². The van der Waals surface area contributed by atoms with Crippen molar-refractivity contribution >= 4 is 35.0 Å². The zero-order valence-electron chi connectivity index (χ0n) is 9.36. The molecule has 17 heavy (non-hydrogen) atoms. The summed E-state index contributed by atoms with van der Waals surface area (Å²) in [6.07, 6.45) is 4.32. The Labute approximate surface area is 107 Å². The molecule has 1 amide bonds. The van der Waals surface area contributed by atoms with Crippen LogP contribution in [-0.2, 0) is 0 Å². The maximum Gasteiger partial charge on any atom is 0.345 e.